The van der Waals surface area contributed by atoms with Crippen LogP contribution in [-0.2, 0) is 11.2 Å². The van der Waals surface area contributed by atoms with Gasteiger partial charge in [0, 0.05) is 19.2 Å². The number of aryl methyl sites for hydroxylation is 1. The zero-order chi connectivity index (χ0) is 12.8. The van der Waals surface area contributed by atoms with Gasteiger partial charge in [0.05, 0.1) is 11.5 Å². The molecule has 98 valence electrons. The van der Waals surface area contributed by atoms with Gasteiger partial charge in [0.25, 0.3) is 0 Å². The first-order valence-electron chi connectivity index (χ1n) is 6.39. The standard InChI is InChI=1S/C14H19NO2S/c1-11(16)15-8-3-2-5-12-6-4-7-13-14(12)18-10-9-17-13/h4,6-7H,2-3,5,8-10H2,1H3,(H,15,16). The van der Waals surface area contributed by atoms with E-state index in [2.05, 4.69) is 17.4 Å². The molecule has 1 heterocycles. The van der Waals surface area contributed by atoms with Crippen molar-refractivity contribution in [1.82, 2.24) is 5.32 Å². The van der Waals surface area contributed by atoms with Gasteiger partial charge in [-0.25, -0.2) is 0 Å². The van der Waals surface area contributed by atoms with Crippen LogP contribution in [0.25, 0.3) is 0 Å². The van der Waals surface area contributed by atoms with Crippen LogP contribution in [0.3, 0.4) is 0 Å². The largest absolute Gasteiger partial charge is 0.492 e. The van der Waals surface area contributed by atoms with Gasteiger partial charge in [0.2, 0.25) is 5.91 Å². The predicted molar refractivity (Wildman–Crippen MR) is 74.3 cm³/mol. The van der Waals surface area contributed by atoms with E-state index in [9.17, 15) is 4.79 Å². The van der Waals surface area contributed by atoms with Crippen molar-refractivity contribution in [2.75, 3.05) is 18.9 Å². The summed E-state index contributed by atoms with van der Waals surface area (Å²) in [7, 11) is 0. The lowest BCUT2D eigenvalue weighted by Crippen LogP contribution is -2.20. The first kappa shape index (κ1) is 13.3. The van der Waals surface area contributed by atoms with Gasteiger partial charge in [0.1, 0.15) is 5.75 Å². The third kappa shape index (κ3) is 3.67. The van der Waals surface area contributed by atoms with Crippen LogP contribution < -0.4 is 10.1 Å². The number of rotatable bonds is 5. The molecule has 0 bridgehead atoms. The summed E-state index contributed by atoms with van der Waals surface area (Å²) in [5.41, 5.74) is 1.38. The average Bonchev–Trinajstić information content (AvgIpc) is 2.38. The summed E-state index contributed by atoms with van der Waals surface area (Å²) in [5.74, 6) is 2.12. The Morgan fingerprint density at radius 2 is 2.33 bits per heavy atom. The fourth-order valence-electron chi connectivity index (χ4n) is 2.04. The van der Waals surface area contributed by atoms with E-state index in [0.717, 1.165) is 43.9 Å². The Morgan fingerprint density at radius 1 is 1.44 bits per heavy atom. The summed E-state index contributed by atoms with van der Waals surface area (Å²) >= 11 is 1.89. The number of unbranched alkanes of at least 4 members (excludes halogenated alkanes) is 1. The van der Waals surface area contributed by atoms with Crippen molar-refractivity contribution >= 4 is 17.7 Å². The van der Waals surface area contributed by atoms with E-state index in [1.165, 1.54) is 10.5 Å². The first-order valence-corrected chi connectivity index (χ1v) is 7.38. The van der Waals surface area contributed by atoms with Crippen LogP contribution >= 0.6 is 11.8 Å². The summed E-state index contributed by atoms with van der Waals surface area (Å²) in [4.78, 5) is 12.0. The van der Waals surface area contributed by atoms with E-state index in [1.54, 1.807) is 6.92 Å². The molecule has 1 aromatic carbocycles. The first-order chi connectivity index (χ1) is 8.77. The molecule has 0 radical (unpaired) electrons. The zero-order valence-corrected chi connectivity index (χ0v) is 11.5. The molecule has 0 aromatic heterocycles. The lowest BCUT2D eigenvalue weighted by molar-refractivity contribution is -0.118. The third-order valence-electron chi connectivity index (χ3n) is 2.89. The van der Waals surface area contributed by atoms with Crippen molar-refractivity contribution in [2.24, 2.45) is 0 Å². The van der Waals surface area contributed by atoms with Gasteiger partial charge in [-0.3, -0.25) is 4.79 Å². The van der Waals surface area contributed by atoms with E-state index >= 15 is 0 Å². The summed E-state index contributed by atoms with van der Waals surface area (Å²) in [6, 6.07) is 6.29. The van der Waals surface area contributed by atoms with Gasteiger partial charge in [-0.1, -0.05) is 12.1 Å². The van der Waals surface area contributed by atoms with E-state index in [1.807, 2.05) is 17.8 Å². The number of carbonyl (C=O) groups excluding carboxylic acids is 1. The molecule has 0 saturated heterocycles. The van der Waals surface area contributed by atoms with Crippen LogP contribution in [0.5, 0.6) is 5.75 Å². The molecule has 3 nitrogen and oxygen atoms in total. The van der Waals surface area contributed by atoms with Crippen LogP contribution in [0, 0.1) is 0 Å². The predicted octanol–water partition coefficient (Wildman–Crippen LogP) is 2.63. The second-order valence-corrected chi connectivity index (χ2v) is 5.49. The van der Waals surface area contributed by atoms with Crippen LogP contribution in [0.1, 0.15) is 25.3 Å². The molecule has 0 aliphatic carbocycles. The van der Waals surface area contributed by atoms with Crippen LogP contribution in [0.2, 0.25) is 0 Å². The number of amides is 1. The fourth-order valence-corrected chi connectivity index (χ4v) is 3.03. The fraction of sp³-hybridized carbons (Fsp3) is 0.500. The molecule has 0 atom stereocenters. The molecule has 0 unspecified atom stereocenters. The van der Waals surface area contributed by atoms with E-state index in [0.29, 0.717) is 0 Å². The summed E-state index contributed by atoms with van der Waals surface area (Å²) in [6.07, 6.45) is 3.17. The van der Waals surface area contributed by atoms with Gasteiger partial charge < -0.3 is 10.1 Å². The third-order valence-corrected chi connectivity index (χ3v) is 4.02. The van der Waals surface area contributed by atoms with Crippen molar-refractivity contribution in [3.05, 3.63) is 23.8 Å². The molecule has 1 N–H and O–H groups in total. The maximum Gasteiger partial charge on any atom is 0.216 e. The second kappa shape index (κ2) is 6.69. The van der Waals surface area contributed by atoms with Crippen molar-refractivity contribution in [1.29, 1.82) is 0 Å². The van der Waals surface area contributed by atoms with Crippen molar-refractivity contribution in [2.45, 2.75) is 31.1 Å². The molecular weight excluding hydrogens is 246 g/mol. The lowest BCUT2D eigenvalue weighted by atomic mass is 10.1. The SMILES string of the molecule is CC(=O)NCCCCc1cccc2c1SCCO2. The highest BCUT2D eigenvalue weighted by Crippen LogP contribution is 2.36. The Morgan fingerprint density at radius 3 is 3.17 bits per heavy atom. The molecule has 2 rings (SSSR count). The highest BCUT2D eigenvalue weighted by atomic mass is 32.2. The van der Waals surface area contributed by atoms with Crippen LogP contribution in [0.4, 0.5) is 0 Å². The number of ether oxygens (including phenoxy) is 1. The minimum atomic E-state index is 0.0519. The molecule has 4 heteroatoms. The minimum Gasteiger partial charge on any atom is -0.492 e. The molecule has 0 fully saturated rings. The number of nitrogens with one attached hydrogen (secondary N) is 1. The van der Waals surface area contributed by atoms with Crippen molar-refractivity contribution in [3.63, 3.8) is 0 Å². The van der Waals surface area contributed by atoms with Gasteiger partial charge in [-0.05, 0) is 30.9 Å². The number of thioether (sulfide) groups is 1. The smallest absolute Gasteiger partial charge is 0.216 e. The Kier molecular flexibility index (Phi) is 4.93. The zero-order valence-electron chi connectivity index (χ0n) is 10.7. The summed E-state index contributed by atoms with van der Waals surface area (Å²) in [6.45, 7) is 3.14. The highest BCUT2D eigenvalue weighted by Gasteiger charge is 2.14. The van der Waals surface area contributed by atoms with Gasteiger partial charge in [0.15, 0.2) is 0 Å². The molecule has 1 aliphatic heterocycles. The summed E-state index contributed by atoms with van der Waals surface area (Å²) in [5, 5.41) is 2.83. The van der Waals surface area contributed by atoms with E-state index in [4.69, 9.17) is 4.74 Å². The Bertz CT molecular complexity index is 420. The van der Waals surface area contributed by atoms with Gasteiger partial charge in [-0.2, -0.15) is 0 Å². The Labute approximate surface area is 112 Å². The number of hydrogen-bond acceptors (Lipinski definition) is 3. The molecular formula is C14H19NO2S. The van der Waals surface area contributed by atoms with E-state index < -0.39 is 0 Å². The van der Waals surface area contributed by atoms with Crippen molar-refractivity contribution < 1.29 is 9.53 Å². The summed E-state index contributed by atoms with van der Waals surface area (Å²) < 4.78 is 5.65. The molecule has 0 spiro atoms. The average molecular weight is 265 g/mol. The number of fused-ring (bicyclic) bond motifs is 1. The topological polar surface area (TPSA) is 38.3 Å². The second-order valence-electron chi connectivity index (χ2n) is 4.38. The molecule has 18 heavy (non-hydrogen) atoms. The quantitative estimate of drug-likeness (QED) is 0.832. The Balaban J connectivity index is 1.84. The van der Waals surface area contributed by atoms with Crippen LogP contribution in [-0.4, -0.2) is 24.8 Å². The molecule has 1 aliphatic rings. The number of carbonyl (C=O) groups is 1. The monoisotopic (exact) mass is 265 g/mol. The lowest BCUT2D eigenvalue weighted by Gasteiger charge is -2.19. The molecule has 1 aromatic rings. The highest BCUT2D eigenvalue weighted by molar-refractivity contribution is 7.99. The van der Waals surface area contributed by atoms with Gasteiger partial charge >= 0.3 is 0 Å². The normalized spacial score (nSPS) is 13.6. The Hall–Kier alpha value is -1.16. The maximum absolute atomic E-state index is 10.7. The van der Waals surface area contributed by atoms with E-state index in [-0.39, 0.29) is 5.91 Å². The number of hydrogen-bond donors (Lipinski definition) is 1. The maximum atomic E-state index is 10.7. The minimum absolute atomic E-state index is 0.0519. The van der Waals surface area contributed by atoms with Crippen LogP contribution in [0.15, 0.2) is 23.1 Å². The number of benzene rings is 1. The molecule has 0 saturated carbocycles. The van der Waals surface area contributed by atoms with Crippen molar-refractivity contribution in [3.8, 4) is 5.75 Å². The van der Waals surface area contributed by atoms with Gasteiger partial charge in [-0.15, -0.1) is 11.8 Å². The molecule has 1 amide bonds.